The average Bonchev–Trinajstić information content (AvgIpc) is 3.22. The van der Waals surface area contributed by atoms with Crippen molar-refractivity contribution >= 4 is 11.0 Å². The first-order chi connectivity index (χ1) is 16.3. The number of aryl methyl sites for hydroxylation is 2. The molecule has 0 spiro atoms. The van der Waals surface area contributed by atoms with E-state index in [0.29, 0.717) is 0 Å². The van der Waals surface area contributed by atoms with Crippen LogP contribution in [-0.2, 0) is 11.2 Å². The van der Waals surface area contributed by atoms with Gasteiger partial charge >= 0.3 is 0 Å². The van der Waals surface area contributed by atoms with Crippen molar-refractivity contribution in [2.45, 2.75) is 136 Å². The topological polar surface area (TPSA) is 37.9 Å². The second-order valence-corrected chi connectivity index (χ2v) is 10.1. The Hall–Kier alpha value is -1.35. The van der Waals surface area contributed by atoms with Crippen LogP contribution >= 0.6 is 0 Å². The summed E-state index contributed by atoms with van der Waals surface area (Å²) in [5.41, 5.74) is 3.57. The molecule has 0 fully saturated rings. The number of nitrogens with zero attached hydrogens (tertiary/aromatic N) is 1. The third-order valence-corrected chi connectivity index (χ3v) is 6.78. The first kappa shape index (κ1) is 27.9. The van der Waals surface area contributed by atoms with Crippen LogP contribution in [0.3, 0.4) is 0 Å². The number of unbranched alkanes of at least 4 members (excludes halogenated alkanes) is 16. The van der Waals surface area contributed by atoms with E-state index in [4.69, 9.17) is 9.72 Å². The zero-order valence-electron chi connectivity index (χ0n) is 21.9. The van der Waals surface area contributed by atoms with E-state index in [1.807, 2.05) is 0 Å². The molecule has 0 radical (unpaired) electrons. The highest BCUT2D eigenvalue weighted by Gasteiger charge is 2.02. The Morgan fingerprint density at radius 2 is 1.18 bits per heavy atom. The highest BCUT2D eigenvalue weighted by Crippen LogP contribution is 2.16. The second kappa shape index (κ2) is 19.0. The summed E-state index contributed by atoms with van der Waals surface area (Å²) in [4.78, 5) is 8.19. The number of ether oxygens (including phenoxy) is 1. The fourth-order valence-corrected chi connectivity index (χ4v) is 4.65. The Balaban J connectivity index is 1.27. The van der Waals surface area contributed by atoms with Crippen LogP contribution in [-0.4, -0.2) is 23.2 Å². The maximum absolute atomic E-state index is 5.82. The number of hydrogen-bond acceptors (Lipinski definition) is 2. The van der Waals surface area contributed by atoms with E-state index in [1.54, 1.807) is 0 Å². The molecule has 0 unspecified atom stereocenters. The maximum Gasteiger partial charge on any atom is 0.107 e. The zero-order valence-corrected chi connectivity index (χ0v) is 21.9. The van der Waals surface area contributed by atoms with Crippen molar-refractivity contribution in [2.75, 3.05) is 13.2 Å². The van der Waals surface area contributed by atoms with Crippen molar-refractivity contribution in [1.29, 1.82) is 0 Å². The summed E-state index contributed by atoms with van der Waals surface area (Å²) < 4.78 is 5.82. The molecular weight excluding hydrogens is 404 g/mol. The van der Waals surface area contributed by atoms with Gasteiger partial charge < -0.3 is 9.72 Å². The predicted octanol–water partition coefficient (Wildman–Crippen LogP) is 9.47. The molecule has 2 aromatic rings. The summed E-state index contributed by atoms with van der Waals surface area (Å²) in [6.45, 7) is 6.37. The summed E-state index contributed by atoms with van der Waals surface area (Å²) in [6, 6.07) is 6.45. The van der Waals surface area contributed by atoms with Crippen LogP contribution in [0.4, 0.5) is 0 Å². The minimum atomic E-state index is 0.971. The van der Waals surface area contributed by atoms with Crippen LogP contribution in [0.25, 0.3) is 11.0 Å². The number of fused-ring (bicyclic) bond motifs is 1. The van der Waals surface area contributed by atoms with E-state index in [0.717, 1.165) is 31.0 Å². The SMILES string of the molecule is CCCCCCCCCCCOCCCCCCCCCCCc1nc2ccc(C)cc2[nH]1. The molecule has 0 aliphatic carbocycles. The molecule has 2 rings (SSSR count). The third kappa shape index (κ3) is 13.8. The number of aromatic nitrogens is 2. The van der Waals surface area contributed by atoms with Gasteiger partial charge in [0, 0.05) is 19.6 Å². The van der Waals surface area contributed by atoms with Crippen molar-refractivity contribution in [1.82, 2.24) is 9.97 Å². The molecule has 0 saturated heterocycles. The number of imidazole rings is 1. The van der Waals surface area contributed by atoms with Gasteiger partial charge in [0.2, 0.25) is 0 Å². The first-order valence-electron chi connectivity index (χ1n) is 14.3. The first-order valence-corrected chi connectivity index (χ1v) is 14.3. The molecule has 1 aromatic carbocycles. The lowest BCUT2D eigenvalue weighted by atomic mass is 10.1. The Kier molecular flexibility index (Phi) is 16.1. The largest absolute Gasteiger partial charge is 0.381 e. The number of nitrogens with one attached hydrogen (secondary N) is 1. The fraction of sp³-hybridized carbons (Fsp3) is 0.767. The summed E-state index contributed by atoms with van der Waals surface area (Å²) in [6.07, 6.45) is 25.6. The van der Waals surface area contributed by atoms with E-state index in [1.165, 1.54) is 127 Å². The molecule has 33 heavy (non-hydrogen) atoms. The van der Waals surface area contributed by atoms with Crippen LogP contribution in [0, 0.1) is 6.92 Å². The Labute approximate surface area is 204 Å². The van der Waals surface area contributed by atoms with Crippen molar-refractivity contribution < 1.29 is 4.74 Å². The quantitative estimate of drug-likeness (QED) is 0.179. The molecule has 3 nitrogen and oxygen atoms in total. The van der Waals surface area contributed by atoms with Crippen LogP contribution in [0.15, 0.2) is 18.2 Å². The van der Waals surface area contributed by atoms with Gasteiger partial charge in [0.15, 0.2) is 0 Å². The number of hydrogen-bond donors (Lipinski definition) is 1. The number of benzene rings is 1. The summed E-state index contributed by atoms with van der Waals surface area (Å²) >= 11 is 0. The second-order valence-electron chi connectivity index (χ2n) is 10.1. The lowest BCUT2D eigenvalue weighted by molar-refractivity contribution is 0.125. The van der Waals surface area contributed by atoms with Crippen LogP contribution in [0.2, 0.25) is 0 Å². The van der Waals surface area contributed by atoms with Gasteiger partial charge in [-0.3, -0.25) is 0 Å². The third-order valence-electron chi connectivity index (χ3n) is 6.78. The van der Waals surface area contributed by atoms with Crippen LogP contribution in [0.5, 0.6) is 0 Å². The number of H-pyrrole nitrogens is 1. The predicted molar refractivity (Wildman–Crippen MR) is 144 cm³/mol. The van der Waals surface area contributed by atoms with Crippen molar-refractivity contribution in [3.05, 3.63) is 29.6 Å². The van der Waals surface area contributed by atoms with Crippen molar-refractivity contribution in [2.24, 2.45) is 0 Å². The molecule has 0 bridgehead atoms. The monoisotopic (exact) mass is 456 g/mol. The molecule has 0 aliphatic heterocycles. The molecule has 0 atom stereocenters. The van der Waals surface area contributed by atoms with E-state index >= 15 is 0 Å². The van der Waals surface area contributed by atoms with Gasteiger partial charge in [0.05, 0.1) is 11.0 Å². The minimum absolute atomic E-state index is 0.971. The highest BCUT2D eigenvalue weighted by atomic mass is 16.5. The Bertz CT molecular complexity index is 708. The van der Waals surface area contributed by atoms with E-state index in [2.05, 4.69) is 37.0 Å². The lowest BCUT2D eigenvalue weighted by Gasteiger charge is -2.05. The van der Waals surface area contributed by atoms with Gasteiger partial charge in [0.25, 0.3) is 0 Å². The van der Waals surface area contributed by atoms with Crippen molar-refractivity contribution in [3.63, 3.8) is 0 Å². The molecule has 3 heteroatoms. The Morgan fingerprint density at radius 1 is 0.667 bits per heavy atom. The Morgan fingerprint density at radius 3 is 1.76 bits per heavy atom. The molecule has 1 aromatic heterocycles. The summed E-state index contributed by atoms with van der Waals surface area (Å²) in [5.74, 6) is 1.15. The fourth-order valence-electron chi connectivity index (χ4n) is 4.65. The average molecular weight is 457 g/mol. The van der Waals surface area contributed by atoms with Crippen molar-refractivity contribution in [3.8, 4) is 0 Å². The lowest BCUT2D eigenvalue weighted by Crippen LogP contribution is -1.97. The molecular formula is C30H52N2O. The summed E-state index contributed by atoms with van der Waals surface area (Å²) in [7, 11) is 0. The van der Waals surface area contributed by atoms with E-state index < -0.39 is 0 Å². The smallest absolute Gasteiger partial charge is 0.107 e. The molecule has 1 N–H and O–H groups in total. The van der Waals surface area contributed by atoms with Crippen LogP contribution in [0.1, 0.15) is 134 Å². The number of rotatable bonds is 22. The minimum Gasteiger partial charge on any atom is -0.381 e. The van der Waals surface area contributed by atoms with Gasteiger partial charge in [-0.05, 0) is 43.9 Å². The van der Waals surface area contributed by atoms with E-state index in [-0.39, 0.29) is 0 Å². The normalized spacial score (nSPS) is 11.6. The van der Waals surface area contributed by atoms with Gasteiger partial charge in [-0.15, -0.1) is 0 Å². The molecule has 0 amide bonds. The number of aromatic amines is 1. The van der Waals surface area contributed by atoms with Gasteiger partial charge in [-0.2, -0.15) is 0 Å². The van der Waals surface area contributed by atoms with Gasteiger partial charge in [-0.1, -0.05) is 109 Å². The molecule has 188 valence electrons. The van der Waals surface area contributed by atoms with Crippen LogP contribution < -0.4 is 0 Å². The molecule has 0 aliphatic rings. The zero-order chi connectivity index (χ0) is 23.4. The molecule has 1 heterocycles. The van der Waals surface area contributed by atoms with E-state index in [9.17, 15) is 0 Å². The standard InChI is InChI=1S/C30H52N2O/c1-3-4-5-6-7-10-13-16-19-24-33-25-20-17-14-11-8-9-12-15-18-21-30-31-28-23-22-27(2)26-29(28)32-30/h22-23,26H,3-21,24-25H2,1-2H3,(H,31,32). The summed E-state index contributed by atoms with van der Waals surface area (Å²) in [5, 5.41) is 0. The van der Waals surface area contributed by atoms with Gasteiger partial charge in [-0.25, -0.2) is 4.98 Å². The maximum atomic E-state index is 5.82. The molecule has 0 saturated carbocycles. The van der Waals surface area contributed by atoms with Gasteiger partial charge in [0.1, 0.15) is 5.82 Å². The highest BCUT2D eigenvalue weighted by molar-refractivity contribution is 5.75.